The van der Waals surface area contributed by atoms with Gasteiger partial charge in [0.25, 0.3) is 0 Å². The van der Waals surface area contributed by atoms with Crippen molar-refractivity contribution in [3.05, 3.63) is 41.7 Å². The molecular formula is C18H27N3. The SMILES string of the molecule is CCCn1cc(-c2cccc(C(CC)NCC)c2)c(C)n1. The van der Waals surface area contributed by atoms with Crippen molar-refractivity contribution in [1.29, 1.82) is 0 Å². The van der Waals surface area contributed by atoms with Crippen LogP contribution in [0.5, 0.6) is 0 Å². The minimum Gasteiger partial charge on any atom is -0.310 e. The van der Waals surface area contributed by atoms with E-state index in [9.17, 15) is 0 Å². The van der Waals surface area contributed by atoms with Gasteiger partial charge in [0.2, 0.25) is 0 Å². The van der Waals surface area contributed by atoms with Crippen LogP contribution in [0.25, 0.3) is 11.1 Å². The smallest absolute Gasteiger partial charge is 0.0672 e. The van der Waals surface area contributed by atoms with Crippen LogP contribution >= 0.6 is 0 Å². The monoisotopic (exact) mass is 285 g/mol. The summed E-state index contributed by atoms with van der Waals surface area (Å²) in [5.74, 6) is 0. The zero-order valence-corrected chi connectivity index (χ0v) is 13.7. The molecule has 1 aromatic carbocycles. The lowest BCUT2D eigenvalue weighted by Crippen LogP contribution is -2.19. The molecule has 1 unspecified atom stereocenters. The number of nitrogens with one attached hydrogen (secondary N) is 1. The maximum Gasteiger partial charge on any atom is 0.0672 e. The van der Waals surface area contributed by atoms with E-state index in [4.69, 9.17) is 0 Å². The first-order chi connectivity index (χ1) is 10.2. The Morgan fingerprint density at radius 3 is 2.71 bits per heavy atom. The van der Waals surface area contributed by atoms with Gasteiger partial charge in [-0.3, -0.25) is 4.68 Å². The fourth-order valence-corrected chi connectivity index (χ4v) is 2.81. The summed E-state index contributed by atoms with van der Waals surface area (Å²) in [6, 6.07) is 9.29. The molecule has 1 aromatic heterocycles. The molecule has 3 nitrogen and oxygen atoms in total. The van der Waals surface area contributed by atoms with Gasteiger partial charge in [0.1, 0.15) is 0 Å². The molecule has 3 heteroatoms. The molecule has 2 rings (SSSR count). The average Bonchev–Trinajstić information content (AvgIpc) is 2.86. The van der Waals surface area contributed by atoms with Crippen molar-refractivity contribution >= 4 is 0 Å². The van der Waals surface area contributed by atoms with Crippen LogP contribution in [0.4, 0.5) is 0 Å². The Balaban J connectivity index is 2.32. The van der Waals surface area contributed by atoms with Crippen molar-refractivity contribution < 1.29 is 0 Å². The van der Waals surface area contributed by atoms with Gasteiger partial charge in [-0.05, 0) is 43.5 Å². The van der Waals surface area contributed by atoms with E-state index in [1.165, 1.54) is 16.7 Å². The maximum atomic E-state index is 4.61. The minimum absolute atomic E-state index is 0.431. The molecule has 0 fully saturated rings. The second-order valence-electron chi connectivity index (χ2n) is 5.54. The molecule has 0 amide bonds. The van der Waals surface area contributed by atoms with E-state index in [0.29, 0.717) is 6.04 Å². The molecule has 0 spiro atoms. The van der Waals surface area contributed by atoms with Crippen LogP contribution in [-0.4, -0.2) is 16.3 Å². The quantitative estimate of drug-likeness (QED) is 0.820. The highest BCUT2D eigenvalue weighted by Gasteiger charge is 2.11. The summed E-state index contributed by atoms with van der Waals surface area (Å²) in [6.45, 7) is 10.6. The molecular weight excluding hydrogens is 258 g/mol. The number of rotatable bonds is 7. The Kier molecular flexibility index (Phi) is 5.57. The van der Waals surface area contributed by atoms with E-state index < -0.39 is 0 Å². The fraction of sp³-hybridized carbons (Fsp3) is 0.500. The Morgan fingerprint density at radius 1 is 1.24 bits per heavy atom. The molecule has 1 N–H and O–H groups in total. The van der Waals surface area contributed by atoms with Gasteiger partial charge < -0.3 is 5.32 Å². The van der Waals surface area contributed by atoms with Gasteiger partial charge in [0.15, 0.2) is 0 Å². The van der Waals surface area contributed by atoms with E-state index in [2.05, 4.69) is 73.3 Å². The second kappa shape index (κ2) is 7.41. The molecule has 0 aliphatic rings. The predicted molar refractivity (Wildman–Crippen MR) is 89.4 cm³/mol. The van der Waals surface area contributed by atoms with Gasteiger partial charge in [-0.15, -0.1) is 0 Å². The standard InChI is InChI=1S/C18H27N3/c1-5-11-21-13-17(14(4)20-21)15-9-8-10-16(12-15)18(6-2)19-7-3/h8-10,12-13,18-19H,5-7,11H2,1-4H3. The third kappa shape index (κ3) is 3.73. The Labute approximate surface area is 128 Å². The third-order valence-corrected chi connectivity index (χ3v) is 3.86. The highest BCUT2D eigenvalue weighted by atomic mass is 15.3. The third-order valence-electron chi connectivity index (χ3n) is 3.86. The van der Waals surface area contributed by atoms with E-state index in [1.807, 2.05) is 0 Å². The molecule has 2 aromatic rings. The maximum absolute atomic E-state index is 4.61. The first-order valence-corrected chi connectivity index (χ1v) is 8.07. The number of aromatic nitrogens is 2. The number of benzene rings is 1. The molecule has 114 valence electrons. The summed E-state index contributed by atoms with van der Waals surface area (Å²) >= 11 is 0. The summed E-state index contributed by atoms with van der Waals surface area (Å²) in [5.41, 5.74) is 4.98. The molecule has 0 aliphatic heterocycles. The van der Waals surface area contributed by atoms with Gasteiger partial charge in [-0.1, -0.05) is 39.0 Å². The number of hydrogen-bond donors (Lipinski definition) is 1. The Bertz CT molecular complexity index is 572. The normalized spacial score (nSPS) is 12.6. The second-order valence-corrected chi connectivity index (χ2v) is 5.54. The molecule has 0 saturated heterocycles. The lowest BCUT2D eigenvalue weighted by Gasteiger charge is -2.17. The zero-order chi connectivity index (χ0) is 15.2. The predicted octanol–water partition coefficient (Wildman–Crippen LogP) is 4.33. The first-order valence-electron chi connectivity index (χ1n) is 8.07. The van der Waals surface area contributed by atoms with Crippen LogP contribution in [0.1, 0.15) is 50.9 Å². The average molecular weight is 285 g/mol. The molecule has 0 bridgehead atoms. The number of aryl methyl sites for hydroxylation is 2. The van der Waals surface area contributed by atoms with Gasteiger partial charge in [0, 0.05) is 24.3 Å². The summed E-state index contributed by atoms with van der Waals surface area (Å²) < 4.78 is 2.05. The van der Waals surface area contributed by atoms with Gasteiger partial charge in [-0.25, -0.2) is 0 Å². The topological polar surface area (TPSA) is 29.9 Å². The first kappa shape index (κ1) is 15.8. The fourth-order valence-electron chi connectivity index (χ4n) is 2.81. The van der Waals surface area contributed by atoms with Crippen LogP contribution in [-0.2, 0) is 6.54 Å². The van der Waals surface area contributed by atoms with Crippen LogP contribution in [0, 0.1) is 6.92 Å². The van der Waals surface area contributed by atoms with Crippen molar-refractivity contribution in [1.82, 2.24) is 15.1 Å². The van der Waals surface area contributed by atoms with Crippen LogP contribution in [0.15, 0.2) is 30.5 Å². The minimum atomic E-state index is 0.431. The van der Waals surface area contributed by atoms with Gasteiger partial charge in [0.05, 0.1) is 5.69 Å². The lowest BCUT2D eigenvalue weighted by atomic mass is 9.98. The summed E-state index contributed by atoms with van der Waals surface area (Å²) in [5, 5.41) is 8.16. The van der Waals surface area contributed by atoms with Crippen LogP contribution in [0.2, 0.25) is 0 Å². The summed E-state index contributed by atoms with van der Waals surface area (Å²) in [7, 11) is 0. The largest absolute Gasteiger partial charge is 0.310 e. The molecule has 21 heavy (non-hydrogen) atoms. The van der Waals surface area contributed by atoms with Gasteiger partial charge in [-0.2, -0.15) is 5.10 Å². The van der Waals surface area contributed by atoms with E-state index in [1.54, 1.807) is 0 Å². The molecule has 1 atom stereocenters. The number of nitrogens with zero attached hydrogens (tertiary/aromatic N) is 2. The van der Waals surface area contributed by atoms with Crippen molar-refractivity contribution in [3.8, 4) is 11.1 Å². The molecule has 0 saturated carbocycles. The molecule has 1 heterocycles. The van der Waals surface area contributed by atoms with Crippen molar-refractivity contribution in [3.63, 3.8) is 0 Å². The van der Waals surface area contributed by atoms with E-state index in [0.717, 1.165) is 31.6 Å². The van der Waals surface area contributed by atoms with E-state index >= 15 is 0 Å². The lowest BCUT2D eigenvalue weighted by molar-refractivity contribution is 0.537. The molecule has 0 radical (unpaired) electrons. The van der Waals surface area contributed by atoms with Crippen LogP contribution in [0.3, 0.4) is 0 Å². The highest BCUT2D eigenvalue weighted by molar-refractivity contribution is 5.66. The Hall–Kier alpha value is -1.61. The summed E-state index contributed by atoms with van der Waals surface area (Å²) in [6.07, 6.45) is 4.39. The molecule has 0 aliphatic carbocycles. The summed E-state index contributed by atoms with van der Waals surface area (Å²) in [4.78, 5) is 0. The number of hydrogen-bond acceptors (Lipinski definition) is 2. The van der Waals surface area contributed by atoms with Crippen molar-refractivity contribution in [2.45, 2.75) is 53.1 Å². The van der Waals surface area contributed by atoms with E-state index in [-0.39, 0.29) is 0 Å². The van der Waals surface area contributed by atoms with Crippen molar-refractivity contribution in [2.75, 3.05) is 6.54 Å². The highest BCUT2D eigenvalue weighted by Crippen LogP contribution is 2.26. The Morgan fingerprint density at radius 2 is 2.05 bits per heavy atom. The zero-order valence-electron chi connectivity index (χ0n) is 13.7. The van der Waals surface area contributed by atoms with Crippen LogP contribution < -0.4 is 5.32 Å². The van der Waals surface area contributed by atoms with Crippen molar-refractivity contribution in [2.24, 2.45) is 0 Å². The van der Waals surface area contributed by atoms with Gasteiger partial charge >= 0.3 is 0 Å².